The Bertz CT molecular complexity index is 622. The predicted molar refractivity (Wildman–Crippen MR) is 62.5 cm³/mol. The van der Waals surface area contributed by atoms with E-state index in [0.29, 0.717) is 5.52 Å². The molecule has 0 atom stereocenters. The van der Waals surface area contributed by atoms with E-state index >= 15 is 0 Å². The maximum Gasteiger partial charge on any atom is 0.281 e. The molecule has 0 fully saturated rings. The van der Waals surface area contributed by atoms with Gasteiger partial charge in [-0.2, -0.15) is 0 Å². The van der Waals surface area contributed by atoms with E-state index in [-0.39, 0.29) is 17.1 Å². The SMILES string of the molecule is CC(C)=Cc1nc(O)c2ccccn2c1=O. The summed E-state index contributed by atoms with van der Waals surface area (Å²) in [7, 11) is 0. The Morgan fingerprint density at radius 3 is 2.88 bits per heavy atom. The standard InChI is InChI=1S/C12H12N2O2/c1-8(2)7-9-12(16)14-6-4-3-5-10(14)11(15)13-9/h3-7,15H,1-2H3. The third-order valence-electron chi connectivity index (χ3n) is 2.18. The van der Waals surface area contributed by atoms with Crippen LogP contribution in [0.3, 0.4) is 0 Å². The van der Waals surface area contributed by atoms with Crippen LogP contribution in [0.25, 0.3) is 11.6 Å². The van der Waals surface area contributed by atoms with Gasteiger partial charge in [-0.1, -0.05) is 11.6 Å². The average molecular weight is 216 g/mol. The van der Waals surface area contributed by atoms with Crippen LogP contribution in [0.5, 0.6) is 5.88 Å². The summed E-state index contributed by atoms with van der Waals surface area (Å²) < 4.78 is 1.39. The van der Waals surface area contributed by atoms with Crippen molar-refractivity contribution in [1.82, 2.24) is 9.38 Å². The molecule has 0 aliphatic rings. The van der Waals surface area contributed by atoms with E-state index in [1.54, 1.807) is 30.5 Å². The number of aromatic nitrogens is 2. The normalized spacial score (nSPS) is 10.4. The first-order valence-electron chi connectivity index (χ1n) is 4.95. The van der Waals surface area contributed by atoms with Gasteiger partial charge in [0.15, 0.2) is 0 Å². The Hall–Kier alpha value is -2.10. The first kappa shape index (κ1) is 10.4. The van der Waals surface area contributed by atoms with Crippen molar-refractivity contribution in [2.75, 3.05) is 0 Å². The van der Waals surface area contributed by atoms with Gasteiger partial charge in [0, 0.05) is 6.20 Å². The molecule has 1 N–H and O–H groups in total. The molecule has 4 nitrogen and oxygen atoms in total. The molecule has 0 aromatic carbocycles. The molecule has 0 spiro atoms. The Morgan fingerprint density at radius 1 is 1.44 bits per heavy atom. The van der Waals surface area contributed by atoms with Crippen molar-refractivity contribution in [3.8, 4) is 5.88 Å². The first-order valence-corrected chi connectivity index (χ1v) is 4.95. The molecule has 0 saturated heterocycles. The van der Waals surface area contributed by atoms with E-state index in [1.807, 2.05) is 13.8 Å². The lowest BCUT2D eigenvalue weighted by atomic mass is 10.2. The topological polar surface area (TPSA) is 54.6 Å². The molecule has 16 heavy (non-hydrogen) atoms. The zero-order chi connectivity index (χ0) is 11.7. The van der Waals surface area contributed by atoms with Crippen molar-refractivity contribution in [2.45, 2.75) is 13.8 Å². The zero-order valence-corrected chi connectivity index (χ0v) is 9.14. The van der Waals surface area contributed by atoms with Crippen LogP contribution >= 0.6 is 0 Å². The molecule has 0 saturated carbocycles. The third-order valence-corrected chi connectivity index (χ3v) is 2.18. The highest BCUT2D eigenvalue weighted by molar-refractivity contribution is 5.58. The van der Waals surface area contributed by atoms with Gasteiger partial charge in [-0.15, -0.1) is 0 Å². The van der Waals surface area contributed by atoms with Crippen LogP contribution in [0.1, 0.15) is 19.5 Å². The highest BCUT2D eigenvalue weighted by atomic mass is 16.3. The second kappa shape index (κ2) is 3.81. The van der Waals surface area contributed by atoms with Gasteiger partial charge in [0.25, 0.3) is 5.56 Å². The largest absolute Gasteiger partial charge is 0.492 e. The van der Waals surface area contributed by atoms with Gasteiger partial charge in [0.2, 0.25) is 5.88 Å². The Balaban J connectivity index is 2.86. The lowest BCUT2D eigenvalue weighted by molar-refractivity contribution is 0.455. The number of allylic oxidation sites excluding steroid dienone is 1. The maximum absolute atomic E-state index is 12.0. The molecule has 2 heterocycles. The van der Waals surface area contributed by atoms with Crippen LogP contribution in [-0.4, -0.2) is 14.5 Å². The van der Waals surface area contributed by atoms with Crippen molar-refractivity contribution in [2.24, 2.45) is 0 Å². The second-order valence-electron chi connectivity index (χ2n) is 3.80. The molecular formula is C12H12N2O2. The summed E-state index contributed by atoms with van der Waals surface area (Å²) in [6, 6.07) is 5.13. The van der Waals surface area contributed by atoms with Gasteiger partial charge in [0.05, 0.1) is 0 Å². The number of hydrogen-bond acceptors (Lipinski definition) is 3. The van der Waals surface area contributed by atoms with E-state index in [1.165, 1.54) is 4.40 Å². The average Bonchev–Trinajstić information content (AvgIpc) is 2.25. The Kier molecular flexibility index (Phi) is 2.48. The van der Waals surface area contributed by atoms with Crippen molar-refractivity contribution in [3.05, 3.63) is 46.0 Å². The molecule has 2 rings (SSSR count). The summed E-state index contributed by atoms with van der Waals surface area (Å²) in [6.45, 7) is 3.75. The molecule has 2 aromatic rings. The predicted octanol–water partition coefficient (Wildman–Crippen LogP) is 1.82. The Labute approximate surface area is 92.5 Å². The quantitative estimate of drug-likeness (QED) is 0.791. The van der Waals surface area contributed by atoms with Crippen molar-refractivity contribution < 1.29 is 5.11 Å². The van der Waals surface area contributed by atoms with Crippen molar-refractivity contribution >= 4 is 11.6 Å². The van der Waals surface area contributed by atoms with Crippen LogP contribution in [0.15, 0.2) is 34.8 Å². The number of fused-ring (bicyclic) bond motifs is 1. The number of nitrogens with zero attached hydrogens (tertiary/aromatic N) is 2. The molecule has 82 valence electrons. The van der Waals surface area contributed by atoms with Gasteiger partial charge in [-0.3, -0.25) is 9.20 Å². The summed E-state index contributed by atoms with van der Waals surface area (Å²) >= 11 is 0. The molecule has 0 amide bonds. The first-order chi connectivity index (χ1) is 7.59. The fourth-order valence-electron chi connectivity index (χ4n) is 1.51. The molecule has 0 radical (unpaired) electrons. The number of rotatable bonds is 1. The fraction of sp³-hybridized carbons (Fsp3) is 0.167. The summed E-state index contributed by atoms with van der Waals surface area (Å²) in [4.78, 5) is 15.8. The van der Waals surface area contributed by atoms with E-state index in [9.17, 15) is 9.90 Å². The second-order valence-corrected chi connectivity index (χ2v) is 3.80. The number of pyridine rings is 1. The number of aromatic hydroxyl groups is 1. The zero-order valence-electron chi connectivity index (χ0n) is 9.14. The molecule has 2 aromatic heterocycles. The maximum atomic E-state index is 12.0. The molecule has 0 bridgehead atoms. The lowest BCUT2D eigenvalue weighted by Gasteiger charge is -2.03. The fourth-order valence-corrected chi connectivity index (χ4v) is 1.51. The minimum absolute atomic E-state index is 0.132. The van der Waals surface area contributed by atoms with Gasteiger partial charge >= 0.3 is 0 Å². The highest BCUT2D eigenvalue weighted by Gasteiger charge is 2.07. The van der Waals surface area contributed by atoms with Gasteiger partial charge in [-0.05, 0) is 32.1 Å². The van der Waals surface area contributed by atoms with Gasteiger partial charge in [0.1, 0.15) is 11.2 Å². The summed E-state index contributed by atoms with van der Waals surface area (Å²) in [5, 5.41) is 9.69. The summed E-state index contributed by atoms with van der Waals surface area (Å²) in [5.74, 6) is -0.132. The summed E-state index contributed by atoms with van der Waals surface area (Å²) in [6.07, 6.45) is 3.27. The molecule has 0 aliphatic heterocycles. The molecule has 0 aliphatic carbocycles. The Morgan fingerprint density at radius 2 is 2.19 bits per heavy atom. The van der Waals surface area contributed by atoms with Crippen LogP contribution in [0.2, 0.25) is 0 Å². The van der Waals surface area contributed by atoms with Crippen LogP contribution in [0, 0.1) is 0 Å². The molecule has 4 heteroatoms. The van der Waals surface area contributed by atoms with Gasteiger partial charge < -0.3 is 5.11 Å². The minimum atomic E-state index is -0.227. The number of hydrogen-bond donors (Lipinski definition) is 1. The lowest BCUT2D eigenvalue weighted by Crippen LogP contribution is -2.17. The van der Waals surface area contributed by atoms with Crippen LogP contribution in [-0.2, 0) is 0 Å². The van der Waals surface area contributed by atoms with E-state index in [0.717, 1.165) is 5.57 Å². The third kappa shape index (κ3) is 1.69. The van der Waals surface area contributed by atoms with E-state index in [4.69, 9.17) is 0 Å². The highest BCUT2D eigenvalue weighted by Crippen LogP contribution is 2.13. The van der Waals surface area contributed by atoms with Crippen LogP contribution in [0.4, 0.5) is 0 Å². The molecular weight excluding hydrogens is 204 g/mol. The van der Waals surface area contributed by atoms with E-state index < -0.39 is 0 Å². The smallest absolute Gasteiger partial charge is 0.281 e. The minimum Gasteiger partial charge on any atom is -0.492 e. The van der Waals surface area contributed by atoms with Crippen molar-refractivity contribution in [3.63, 3.8) is 0 Å². The molecule has 0 unspecified atom stereocenters. The monoisotopic (exact) mass is 216 g/mol. The van der Waals surface area contributed by atoms with E-state index in [2.05, 4.69) is 4.98 Å². The van der Waals surface area contributed by atoms with Crippen LogP contribution < -0.4 is 5.56 Å². The summed E-state index contributed by atoms with van der Waals surface area (Å²) in [5.41, 5.74) is 1.40. The van der Waals surface area contributed by atoms with Crippen molar-refractivity contribution in [1.29, 1.82) is 0 Å². The van der Waals surface area contributed by atoms with Gasteiger partial charge in [-0.25, -0.2) is 4.98 Å².